The Balaban J connectivity index is 1.73. The van der Waals surface area contributed by atoms with E-state index in [9.17, 15) is 9.59 Å². The van der Waals surface area contributed by atoms with Gasteiger partial charge >= 0.3 is 6.03 Å². The summed E-state index contributed by atoms with van der Waals surface area (Å²) >= 11 is 0. The molecule has 0 aliphatic carbocycles. The maximum absolute atomic E-state index is 13.2. The summed E-state index contributed by atoms with van der Waals surface area (Å²) in [4.78, 5) is 33.1. The van der Waals surface area contributed by atoms with Crippen LogP contribution in [-0.2, 0) is 13.0 Å². The van der Waals surface area contributed by atoms with Crippen molar-refractivity contribution < 1.29 is 9.59 Å². The van der Waals surface area contributed by atoms with Crippen LogP contribution in [0.4, 0.5) is 10.5 Å². The first-order valence-corrected chi connectivity index (χ1v) is 8.79. The van der Waals surface area contributed by atoms with E-state index < -0.39 is 0 Å². The third kappa shape index (κ3) is 2.81. The number of pyridine rings is 1. The zero-order chi connectivity index (χ0) is 19.1. The molecular formula is C20H21N5O2. The lowest BCUT2D eigenvalue weighted by Crippen LogP contribution is -2.42. The van der Waals surface area contributed by atoms with E-state index in [2.05, 4.69) is 4.98 Å². The number of para-hydroxylation sites is 1. The Kier molecular flexibility index (Phi) is 4.07. The molecule has 0 spiro atoms. The van der Waals surface area contributed by atoms with Crippen LogP contribution in [0.1, 0.15) is 21.5 Å². The van der Waals surface area contributed by atoms with E-state index in [4.69, 9.17) is 5.73 Å². The molecule has 2 N–H and O–H groups in total. The van der Waals surface area contributed by atoms with Gasteiger partial charge in [-0.05, 0) is 23.6 Å². The molecule has 0 radical (unpaired) electrons. The van der Waals surface area contributed by atoms with Crippen LogP contribution in [0, 0.1) is 0 Å². The molecule has 0 saturated heterocycles. The molecule has 3 heterocycles. The van der Waals surface area contributed by atoms with E-state index in [1.165, 1.54) is 0 Å². The summed E-state index contributed by atoms with van der Waals surface area (Å²) in [5.41, 5.74) is 9.84. The predicted molar refractivity (Wildman–Crippen MR) is 104 cm³/mol. The molecule has 7 heteroatoms. The lowest BCUT2D eigenvalue weighted by Gasteiger charge is -2.31. The summed E-state index contributed by atoms with van der Waals surface area (Å²) in [6.45, 7) is 1.03. The van der Waals surface area contributed by atoms with Gasteiger partial charge in [0.05, 0.1) is 16.8 Å². The molecule has 0 saturated carbocycles. The molecule has 1 aliphatic heterocycles. The molecular weight excluding hydrogens is 342 g/mol. The number of hydrogen-bond acceptors (Lipinski definition) is 4. The van der Waals surface area contributed by atoms with Gasteiger partial charge < -0.3 is 15.5 Å². The molecule has 1 aliphatic rings. The SMILES string of the molecule is CN(C)C(=O)N1CCc2c(cncc2C(=O)n2cc(N)c3ccccc32)C1. The van der Waals surface area contributed by atoms with Crippen molar-refractivity contribution in [3.8, 4) is 0 Å². The van der Waals surface area contributed by atoms with Crippen LogP contribution < -0.4 is 5.73 Å². The third-order valence-corrected chi connectivity index (χ3v) is 4.98. The summed E-state index contributed by atoms with van der Waals surface area (Å²) < 4.78 is 1.58. The van der Waals surface area contributed by atoms with Crippen LogP contribution in [0.15, 0.2) is 42.9 Å². The van der Waals surface area contributed by atoms with Crippen molar-refractivity contribution in [3.05, 3.63) is 59.5 Å². The average Bonchev–Trinajstić information content (AvgIpc) is 3.03. The minimum Gasteiger partial charge on any atom is -0.397 e. The normalized spacial score (nSPS) is 13.5. The molecule has 0 unspecified atom stereocenters. The number of rotatable bonds is 1. The highest BCUT2D eigenvalue weighted by molar-refractivity contribution is 6.06. The van der Waals surface area contributed by atoms with Crippen LogP contribution >= 0.6 is 0 Å². The number of carbonyl (C=O) groups excluding carboxylic acids is 2. The number of aromatic nitrogens is 2. The van der Waals surface area contributed by atoms with Crippen molar-refractivity contribution >= 4 is 28.5 Å². The molecule has 7 nitrogen and oxygen atoms in total. The second-order valence-corrected chi connectivity index (χ2v) is 6.95. The van der Waals surface area contributed by atoms with Gasteiger partial charge in [-0.3, -0.25) is 14.3 Å². The second kappa shape index (κ2) is 6.42. The van der Waals surface area contributed by atoms with E-state index >= 15 is 0 Å². The van der Waals surface area contributed by atoms with Gasteiger partial charge in [-0.2, -0.15) is 0 Å². The Hall–Kier alpha value is -3.35. The fraction of sp³-hybridized carbons (Fsp3) is 0.250. The maximum atomic E-state index is 13.2. The molecule has 27 heavy (non-hydrogen) atoms. The van der Waals surface area contributed by atoms with Crippen molar-refractivity contribution in [2.24, 2.45) is 0 Å². The van der Waals surface area contributed by atoms with E-state index in [1.807, 2.05) is 24.3 Å². The Morgan fingerprint density at radius 3 is 2.74 bits per heavy atom. The van der Waals surface area contributed by atoms with Crippen molar-refractivity contribution in [1.82, 2.24) is 19.4 Å². The highest BCUT2D eigenvalue weighted by Crippen LogP contribution is 2.27. The monoisotopic (exact) mass is 363 g/mol. The van der Waals surface area contributed by atoms with Crippen molar-refractivity contribution in [2.75, 3.05) is 26.4 Å². The van der Waals surface area contributed by atoms with Crippen LogP contribution in [0.5, 0.6) is 0 Å². The Morgan fingerprint density at radius 2 is 1.96 bits per heavy atom. The molecule has 2 amide bonds. The van der Waals surface area contributed by atoms with E-state index in [-0.39, 0.29) is 11.9 Å². The summed E-state index contributed by atoms with van der Waals surface area (Å²) in [6.07, 6.45) is 5.63. The Bertz CT molecular complexity index is 1050. The van der Waals surface area contributed by atoms with Gasteiger partial charge in [0, 0.05) is 51.2 Å². The fourth-order valence-electron chi connectivity index (χ4n) is 3.63. The highest BCUT2D eigenvalue weighted by atomic mass is 16.2. The van der Waals surface area contributed by atoms with Crippen LogP contribution in [0.25, 0.3) is 10.9 Å². The standard InChI is InChI=1S/C20H21N5O2/c1-23(2)20(27)24-8-7-14-13(11-24)9-22-10-16(14)19(26)25-12-17(21)15-5-3-4-6-18(15)25/h3-6,9-10,12H,7-8,11,21H2,1-2H3. The lowest BCUT2D eigenvalue weighted by atomic mass is 9.96. The predicted octanol–water partition coefficient (Wildman–Crippen LogP) is 2.35. The maximum Gasteiger partial charge on any atom is 0.319 e. The number of anilines is 1. The molecule has 0 fully saturated rings. The third-order valence-electron chi connectivity index (χ3n) is 4.98. The minimum absolute atomic E-state index is 0.0402. The number of urea groups is 1. The molecule has 4 rings (SSSR count). The van der Waals surface area contributed by atoms with E-state index in [1.54, 1.807) is 47.1 Å². The first-order chi connectivity index (χ1) is 13.0. The van der Waals surface area contributed by atoms with Crippen molar-refractivity contribution in [3.63, 3.8) is 0 Å². The minimum atomic E-state index is -0.153. The first kappa shape index (κ1) is 17.1. The molecule has 138 valence electrons. The molecule has 0 atom stereocenters. The van der Waals surface area contributed by atoms with Crippen LogP contribution in [-0.4, -0.2) is 51.9 Å². The van der Waals surface area contributed by atoms with E-state index in [0.717, 1.165) is 22.0 Å². The molecule has 2 aromatic heterocycles. The number of nitrogens with zero attached hydrogens (tertiary/aromatic N) is 4. The number of nitrogen functional groups attached to an aromatic ring is 1. The number of hydrogen-bond donors (Lipinski definition) is 1. The molecule has 3 aromatic rings. The van der Waals surface area contributed by atoms with Crippen LogP contribution in [0.2, 0.25) is 0 Å². The van der Waals surface area contributed by atoms with Gasteiger partial charge in [0.25, 0.3) is 5.91 Å². The number of amides is 2. The lowest BCUT2D eigenvalue weighted by molar-refractivity contribution is 0.0963. The zero-order valence-electron chi connectivity index (χ0n) is 15.3. The van der Waals surface area contributed by atoms with Gasteiger partial charge in [-0.15, -0.1) is 0 Å². The van der Waals surface area contributed by atoms with Crippen molar-refractivity contribution in [2.45, 2.75) is 13.0 Å². The number of benzene rings is 1. The number of carbonyl (C=O) groups is 2. The fourth-order valence-corrected chi connectivity index (χ4v) is 3.63. The second-order valence-electron chi connectivity index (χ2n) is 6.95. The summed E-state index contributed by atoms with van der Waals surface area (Å²) in [5.74, 6) is -0.153. The number of nitrogens with two attached hydrogens (primary N) is 1. The first-order valence-electron chi connectivity index (χ1n) is 8.79. The quantitative estimate of drug-likeness (QED) is 0.719. The molecule has 1 aromatic carbocycles. The molecule has 0 bridgehead atoms. The Labute approximate surface area is 157 Å². The van der Waals surface area contributed by atoms with Crippen molar-refractivity contribution in [1.29, 1.82) is 0 Å². The zero-order valence-corrected chi connectivity index (χ0v) is 15.3. The summed E-state index contributed by atoms with van der Waals surface area (Å²) in [7, 11) is 3.47. The van der Waals surface area contributed by atoms with Gasteiger partial charge in [-0.25, -0.2) is 4.79 Å². The average molecular weight is 363 g/mol. The van der Waals surface area contributed by atoms with Gasteiger partial charge in [0.2, 0.25) is 0 Å². The smallest absolute Gasteiger partial charge is 0.319 e. The summed E-state index contributed by atoms with van der Waals surface area (Å²) in [5, 5.41) is 0.853. The highest BCUT2D eigenvalue weighted by Gasteiger charge is 2.26. The van der Waals surface area contributed by atoms with Gasteiger partial charge in [-0.1, -0.05) is 18.2 Å². The topological polar surface area (TPSA) is 84.5 Å². The summed E-state index contributed by atoms with van der Waals surface area (Å²) in [6, 6.07) is 7.52. The largest absolute Gasteiger partial charge is 0.397 e. The van der Waals surface area contributed by atoms with Crippen LogP contribution in [0.3, 0.4) is 0 Å². The Morgan fingerprint density at radius 1 is 1.19 bits per heavy atom. The van der Waals surface area contributed by atoms with Gasteiger partial charge in [0.1, 0.15) is 0 Å². The van der Waals surface area contributed by atoms with E-state index in [0.29, 0.717) is 30.8 Å². The van der Waals surface area contributed by atoms with Gasteiger partial charge in [0.15, 0.2) is 0 Å². The number of fused-ring (bicyclic) bond motifs is 2.